The second-order valence-electron chi connectivity index (χ2n) is 6.26. The Bertz CT molecular complexity index is 952. The summed E-state index contributed by atoms with van der Waals surface area (Å²) in [6.45, 7) is 1.19. The molecule has 27 heavy (non-hydrogen) atoms. The number of nitro groups is 1. The van der Waals surface area contributed by atoms with Crippen molar-refractivity contribution >= 4 is 5.69 Å². The quantitative estimate of drug-likeness (QED) is 0.556. The van der Waals surface area contributed by atoms with Gasteiger partial charge in [0, 0.05) is 24.2 Å². The molecule has 10 heteroatoms. The first-order valence-corrected chi connectivity index (χ1v) is 8.33. The van der Waals surface area contributed by atoms with Crippen molar-refractivity contribution in [2.75, 3.05) is 6.61 Å². The topological polar surface area (TPSA) is 137 Å². The summed E-state index contributed by atoms with van der Waals surface area (Å²) in [4.78, 5) is 36.3. The molecule has 1 aromatic heterocycles. The largest absolute Gasteiger partial charge is 0.394 e. The van der Waals surface area contributed by atoms with Crippen LogP contribution in [-0.4, -0.2) is 38.4 Å². The molecule has 1 saturated heterocycles. The molecule has 0 spiro atoms. The molecule has 1 aromatic carbocycles. The van der Waals surface area contributed by atoms with Crippen LogP contribution in [-0.2, 0) is 16.1 Å². The van der Waals surface area contributed by atoms with Gasteiger partial charge >= 0.3 is 5.69 Å². The molecule has 2 heterocycles. The molecule has 1 aliphatic heterocycles. The number of aliphatic hydroxyl groups is 1. The number of hydrogen-bond donors (Lipinski definition) is 2. The highest BCUT2D eigenvalue weighted by molar-refractivity contribution is 5.39. The number of aryl methyl sites for hydroxylation is 1. The van der Waals surface area contributed by atoms with Gasteiger partial charge in [0.25, 0.3) is 11.2 Å². The van der Waals surface area contributed by atoms with Gasteiger partial charge in [-0.3, -0.25) is 24.5 Å². The molecule has 144 valence electrons. The van der Waals surface area contributed by atoms with Crippen LogP contribution in [0.25, 0.3) is 0 Å². The fourth-order valence-corrected chi connectivity index (χ4v) is 3.02. The van der Waals surface area contributed by atoms with Gasteiger partial charge in [-0.25, -0.2) is 4.79 Å². The third-order valence-electron chi connectivity index (χ3n) is 4.46. The first-order valence-electron chi connectivity index (χ1n) is 8.33. The standard InChI is InChI=1S/C17H19N3O7/c1-10-7-19(17(23)18-16(10)22)15-6-13(14(8-21)27-15)26-9-11-4-2-3-5-12(11)20(24)25/h2-5,7,13-15,21H,6,8-9H2,1H3,(H,18,22,23). The first kappa shape index (κ1) is 19.0. The van der Waals surface area contributed by atoms with Crippen LogP contribution in [0.3, 0.4) is 0 Å². The number of hydrogen-bond acceptors (Lipinski definition) is 7. The average Bonchev–Trinajstić information content (AvgIpc) is 3.06. The Kier molecular flexibility index (Phi) is 5.49. The zero-order valence-electron chi connectivity index (χ0n) is 14.5. The molecule has 0 saturated carbocycles. The average molecular weight is 377 g/mol. The Morgan fingerprint density at radius 3 is 2.85 bits per heavy atom. The molecule has 0 aliphatic carbocycles. The van der Waals surface area contributed by atoms with Crippen LogP contribution in [0.15, 0.2) is 40.1 Å². The SMILES string of the molecule is Cc1cn(C2CC(OCc3ccccc3[N+](=O)[O-])C(CO)O2)c(=O)[nH]c1=O. The van der Waals surface area contributed by atoms with Crippen molar-refractivity contribution in [1.29, 1.82) is 0 Å². The van der Waals surface area contributed by atoms with Crippen molar-refractivity contribution in [3.05, 3.63) is 72.5 Å². The van der Waals surface area contributed by atoms with Crippen LogP contribution in [0, 0.1) is 17.0 Å². The van der Waals surface area contributed by atoms with Crippen molar-refractivity contribution < 1.29 is 19.5 Å². The number of aromatic nitrogens is 2. The fraction of sp³-hybridized carbons (Fsp3) is 0.412. The van der Waals surface area contributed by atoms with Gasteiger partial charge < -0.3 is 14.6 Å². The number of nitrogens with zero attached hydrogens (tertiary/aromatic N) is 2. The lowest BCUT2D eigenvalue weighted by Gasteiger charge is -2.16. The number of rotatable bonds is 6. The summed E-state index contributed by atoms with van der Waals surface area (Å²) in [6, 6.07) is 6.22. The Morgan fingerprint density at radius 1 is 1.41 bits per heavy atom. The maximum Gasteiger partial charge on any atom is 0.330 e. The highest BCUT2D eigenvalue weighted by Gasteiger charge is 2.37. The van der Waals surface area contributed by atoms with E-state index in [-0.39, 0.29) is 25.3 Å². The maximum absolute atomic E-state index is 12.0. The van der Waals surface area contributed by atoms with E-state index in [1.165, 1.54) is 16.8 Å². The number of H-pyrrole nitrogens is 1. The molecule has 3 unspecified atom stereocenters. The van der Waals surface area contributed by atoms with Gasteiger partial charge in [-0.15, -0.1) is 0 Å². The van der Waals surface area contributed by atoms with E-state index in [1.807, 2.05) is 0 Å². The summed E-state index contributed by atoms with van der Waals surface area (Å²) >= 11 is 0. The monoisotopic (exact) mass is 377 g/mol. The predicted molar refractivity (Wildman–Crippen MR) is 93.3 cm³/mol. The number of nitro benzene ring substituents is 1. The summed E-state index contributed by atoms with van der Waals surface area (Å²) in [6.07, 6.45) is -0.348. The van der Waals surface area contributed by atoms with Gasteiger partial charge in [0.05, 0.1) is 29.8 Å². The second-order valence-corrected chi connectivity index (χ2v) is 6.26. The van der Waals surface area contributed by atoms with E-state index in [1.54, 1.807) is 25.1 Å². The van der Waals surface area contributed by atoms with E-state index in [0.717, 1.165) is 0 Å². The molecule has 3 rings (SSSR count). The molecular formula is C17H19N3O7. The van der Waals surface area contributed by atoms with Crippen molar-refractivity contribution in [2.45, 2.75) is 38.4 Å². The number of nitrogens with one attached hydrogen (secondary N) is 1. The molecule has 0 amide bonds. The van der Waals surface area contributed by atoms with Crippen LogP contribution in [0.4, 0.5) is 5.69 Å². The minimum Gasteiger partial charge on any atom is -0.394 e. The van der Waals surface area contributed by atoms with E-state index < -0.39 is 34.6 Å². The first-order chi connectivity index (χ1) is 12.9. The lowest BCUT2D eigenvalue weighted by atomic mass is 10.1. The maximum atomic E-state index is 12.0. The summed E-state index contributed by atoms with van der Waals surface area (Å²) in [5.41, 5.74) is -0.396. The molecule has 2 aromatic rings. The second kappa shape index (κ2) is 7.82. The van der Waals surface area contributed by atoms with Gasteiger partial charge in [-0.05, 0) is 13.0 Å². The molecule has 2 N–H and O–H groups in total. The van der Waals surface area contributed by atoms with Crippen molar-refractivity contribution in [1.82, 2.24) is 9.55 Å². The highest BCUT2D eigenvalue weighted by Crippen LogP contribution is 2.31. The van der Waals surface area contributed by atoms with Crippen molar-refractivity contribution in [2.24, 2.45) is 0 Å². The van der Waals surface area contributed by atoms with Crippen molar-refractivity contribution in [3.8, 4) is 0 Å². The summed E-state index contributed by atoms with van der Waals surface area (Å²) in [5.74, 6) is 0. The van der Waals surface area contributed by atoms with Crippen LogP contribution < -0.4 is 11.2 Å². The van der Waals surface area contributed by atoms with Crippen LogP contribution >= 0.6 is 0 Å². The normalized spacial score (nSPS) is 22.1. The fourth-order valence-electron chi connectivity index (χ4n) is 3.02. The molecule has 1 fully saturated rings. The Hall–Kier alpha value is -2.82. The van der Waals surface area contributed by atoms with Crippen molar-refractivity contribution in [3.63, 3.8) is 0 Å². The number of benzene rings is 1. The molecule has 10 nitrogen and oxygen atoms in total. The van der Waals surface area contributed by atoms with Gasteiger partial charge in [-0.1, -0.05) is 12.1 Å². The van der Waals surface area contributed by atoms with E-state index in [4.69, 9.17) is 9.47 Å². The van der Waals surface area contributed by atoms with E-state index in [9.17, 15) is 24.8 Å². The summed E-state index contributed by atoms with van der Waals surface area (Å²) in [5, 5.41) is 20.6. The highest BCUT2D eigenvalue weighted by atomic mass is 16.6. The Balaban J connectivity index is 1.76. The molecule has 0 radical (unpaired) electrons. The number of ether oxygens (including phenoxy) is 2. The van der Waals surface area contributed by atoms with E-state index in [0.29, 0.717) is 11.1 Å². The smallest absolute Gasteiger partial charge is 0.330 e. The zero-order chi connectivity index (χ0) is 19.6. The van der Waals surface area contributed by atoms with Gasteiger partial charge in [0.2, 0.25) is 0 Å². The van der Waals surface area contributed by atoms with E-state index >= 15 is 0 Å². The Morgan fingerprint density at radius 2 is 2.15 bits per heavy atom. The van der Waals surface area contributed by atoms with Gasteiger partial charge in [-0.2, -0.15) is 0 Å². The molecule has 0 bridgehead atoms. The zero-order valence-corrected chi connectivity index (χ0v) is 14.5. The van der Waals surface area contributed by atoms with Gasteiger partial charge in [0.1, 0.15) is 12.3 Å². The van der Waals surface area contributed by atoms with Crippen LogP contribution in [0.2, 0.25) is 0 Å². The lowest BCUT2D eigenvalue weighted by Crippen LogP contribution is -2.33. The number of para-hydroxylation sites is 1. The predicted octanol–water partition coefficient (Wildman–Crippen LogP) is 0.618. The minimum absolute atomic E-state index is 0.0338. The molecule has 3 atom stereocenters. The third kappa shape index (κ3) is 3.97. The minimum atomic E-state index is -0.721. The molecular weight excluding hydrogens is 358 g/mol. The van der Waals surface area contributed by atoms with Crippen LogP contribution in [0.1, 0.15) is 23.8 Å². The summed E-state index contributed by atoms with van der Waals surface area (Å²) in [7, 11) is 0. The van der Waals surface area contributed by atoms with Gasteiger partial charge in [0.15, 0.2) is 0 Å². The number of aliphatic hydroxyl groups excluding tert-OH is 1. The van der Waals surface area contributed by atoms with Crippen LogP contribution in [0.5, 0.6) is 0 Å². The molecule has 1 aliphatic rings. The Labute approximate surface area is 153 Å². The van der Waals surface area contributed by atoms with E-state index in [2.05, 4.69) is 4.98 Å². The number of aromatic amines is 1. The summed E-state index contributed by atoms with van der Waals surface area (Å²) < 4.78 is 12.7. The third-order valence-corrected chi connectivity index (χ3v) is 4.46. The lowest BCUT2D eigenvalue weighted by molar-refractivity contribution is -0.386.